The molecule has 1 rings (SSSR count). The second-order valence-electron chi connectivity index (χ2n) is 3.84. The highest BCUT2D eigenvalue weighted by Gasteiger charge is 2.45. The molecule has 1 fully saturated rings. The quantitative estimate of drug-likeness (QED) is 0.776. The maximum atomic E-state index is 12.3. The SMILES string of the molecule is O=C(O)C(CNN1CCCCC1)C(F)(F)F. The molecule has 0 spiro atoms. The fraction of sp³-hybridized carbons (Fsp3) is 0.889. The van der Waals surface area contributed by atoms with Gasteiger partial charge in [0.2, 0.25) is 0 Å². The van der Waals surface area contributed by atoms with E-state index in [-0.39, 0.29) is 0 Å². The van der Waals surface area contributed by atoms with Gasteiger partial charge in [-0.25, -0.2) is 5.01 Å². The number of nitrogens with zero attached hydrogens (tertiary/aromatic N) is 1. The van der Waals surface area contributed by atoms with Crippen LogP contribution >= 0.6 is 0 Å². The first kappa shape index (κ1) is 13.2. The van der Waals surface area contributed by atoms with Crippen molar-refractivity contribution in [2.45, 2.75) is 25.4 Å². The van der Waals surface area contributed by atoms with Gasteiger partial charge in [0.15, 0.2) is 5.92 Å². The van der Waals surface area contributed by atoms with E-state index in [4.69, 9.17) is 5.11 Å². The molecule has 2 N–H and O–H groups in total. The van der Waals surface area contributed by atoms with E-state index in [2.05, 4.69) is 5.43 Å². The summed E-state index contributed by atoms with van der Waals surface area (Å²) in [5.74, 6) is -4.17. The molecule has 0 aromatic carbocycles. The number of carboxylic acid groups (broad SMARTS) is 1. The zero-order valence-corrected chi connectivity index (χ0v) is 8.76. The number of carboxylic acids is 1. The van der Waals surface area contributed by atoms with Crippen LogP contribution in [0.3, 0.4) is 0 Å². The van der Waals surface area contributed by atoms with Gasteiger partial charge < -0.3 is 5.11 Å². The number of hydrogen-bond acceptors (Lipinski definition) is 3. The molecule has 16 heavy (non-hydrogen) atoms. The largest absolute Gasteiger partial charge is 0.481 e. The summed E-state index contributed by atoms with van der Waals surface area (Å²) >= 11 is 0. The highest BCUT2D eigenvalue weighted by molar-refractivity contribution is 5.71. The van der Waals surface area contributed by atoms with E-state index >= 15 is 0 Å². The zero-order chi connectivity index (χ0) is 12.2. The summed E-state index contributed by atoms with van der Waals surface area (Å²) in [6.07, 6.45) is -1.78. The standard InChI is InChI=1S/C9H15F3N2O2/c10-9(11,12)7(8(15)16)6-13-14-4-2-1-3-5-14/h7,13H,1-6H2,(H,15,16). The molecule has 7 heteroatoms. The number of halogens is 3. The van der Waals surface area contributed by atoms with E-state index in [1.165, 1.54) is 0 Å². The van der Waals surface area contributed by atoms with E-state index in [0.29, 0.717) is 13.1 Å². The van der Waals surface area contributed by atoms with E-state index in [9.17, 15) is 18.0 Å². The van der Waals surface area contributed by atoms with Gasteiger partial charge in [-0.2, -0.15) is 13.2 Å². The van der Waals surface area contributed by atoms with Gasteiger partial charge in [0.05, 0.1) is 0 Å². The van der Waals surface area contributed by atoms with Crippen LogP contribution in [0.2, 0.25) is 0 Å². The molecule has 0 amide bonds. The summed E-state index contributed by atoms with van der Waals surface area (Å²) in [5.41, 5.74) is 2.54. The Morgan fingerprint density at radius 3 is 2.31 bits per heavy atom. The molecule has 1 unspecified atom stereocenters. The van der Waals surface area contributed by atoms with Crippen LogP contribution in [-0.4, -0.2) is 41.9 Å². The van der Waals surface area contributed by atoms with Crippen LogP contribution in [0.25, 0.3) is 0 Å². The molecule has 1 aliphatic rings. The van der Waals surface area contributed by atoms with Crippen LogP contribution in [0, 0.1) is 5.92 Å². The molecule has 1 atom stereocenters. The molecular weight excluding hydrogens is 225 g/mol. The maximum absolute atomic E-state index is 12.3. The molecule has 0 bridgehead atoms. The average molecular weight is 240 g/mol. The zero-order valence-electron chi connectivity index (χ0n) is 8.76. The van der Waals surface area contributed by atoms with Crippen molar-refractivity contribution in [1.82, 2.24) is 10.4 Å². The average Bonchev–Trinajstić information content (AvgIpc) is 2.17. The molecule has 1 aliphatic heterocycles. The molecule has 1 saturated heterocycles. The highest BCUT2D eigenvalue weighted by atomic mass is 19.4. The van der Waals surface area contributed by atoms with Crippen molar-refractivity contribution in [3.8, 4) is 0 Å². The lowest BCUT2D eigenvalue weighted by Gasteiger charge is -2.28. The monoisotopic (exact) mass is 240 g/mol. The van der Waals surface area contributed by atoms with Crippen molar-refractivity contribution < 1.29 is 23.1 Å². The molecule has 0 aromatic rings. The summed E-state index contributed by atoms with van der Waals surface area (Å²) < 4.78 is 36.9. The minimum Gasteiger partial charge on any atom is -0.481 e. The first-order chi connectivity index (χ1) is 7.41. The number of nitrogens with one attached hydrogen (secondary N) is 1. The molecule has 0 saturated carbocycles. The van der Waals surface area contributed by atoms with E-state index in [1.807, 2.05) is 0 Å². The molecule has 94 valence electrons. The van der Waals surface area contributed by atoms with Crippen LogP contribution in [0.5, 0.6) is 0 Å². The van der Waals surface area contributed by atoms with Crippen LogP contribution < -0.4 is 5.43 Å². The van der Waals surface area contributed by atoms with Crippen molar-refractivity contribution in [3.63, 3.8) is 0 Å². The van der Waals surface area contributed by atoms with Gasteiger partial charge in [-0.1, -0.05) is 6.42 Å². The lowest BCUT2D eigenvalue weighted by Crippen LogP contribution is -2.48. The molecular formula is C9H15F3N2O2. The lowest BCUT2D eigenvalue weighted by molar-refractivity contribution is -0.194. The second kappa shape index (κ2) is 5.49. The summed E-state index contributed by atoms with van der Waals surface area (Å²) in [6.45, 7) is 0.743. The Hall–Kier alpha value is -0.820. The second-order valence-corrected chi connectivity index (χ2v) is 3.84. The molecule has 0 aliphatic carbocycles. The third-order valence-electron chi connectivity index (χ3n) is 2.57. The number of alkyl halides is 3. The first-order valence-electron chi connectivity index (χ1n) is 5.19. The smallest absolute Gasteiger partial charge is 0.403 e. The van der Waals surface area contributed by atoms with E-state index in [1.54, 1.807) is 5.01 Å². The van der Waals surface area contributed by atoms with Crippen molar-refractivity contribution in [1.29, 1.82) is 0 Å². The Bertz CT molecular complexity index is 239. The Labute approximate surface area is 91.4 Å². The number of carbonyl (C=O) groups is 1. The number of aliphatic carboxylic acids is 1. The van der Waals surface area contributed by atoms with Gasteiger partial charge in [0.1, 0.15) is 0 Å². The normalized spacial score (nSPS) is 20.7. The summed E-state index contributed by atoms with van der Waals surface area (Å²) in [5, 5.41) is 10.1. The predicted octanol–water partition coefficient (Wildman–Crippen LogP) is 1.24. The molecule has 1 heterocycles. The van der Waals surface area contributed by atoms with E-state index < -0.39 is 24.6 Å². The van der Waals surface area contributed by atoms with Crippen molar-refractivity contribution in [3.05, 3.63) is 0 Å². The Balaban J connectivity index is 2.40. The van der Waals surface area contributed by atoms with Crippen LogP contribution in [0.15, 0.2) is 0 Å². The van der Waals surface area contributed by atoms with Gasteiger partial charge in [-0.3, -0.25) is 10.2 Å². The number of hydrogen-bond donors (Lipinski definition) is 2. The van der Waals surface area contributed by atoms with Gasteiger partial charge in [0.25, 0.3) is 0 Å². The van der Waals surface area contributed by atoms with Gasteiger partial charge in [-0.15, -0.1) is 0 Å². The predicted molar refractivity (Wildman–Crippen MR) is 50.6 cm³/mol. The summed E-state index contributed by atoms with van der Waals surface area (Å²) in [4.78, 5) is 10.4. The van der Waals surface area contributed by atoms with Crippen LogP contribution in [-0.2, 0) is 4.79 Å². The Morgan fingerprint density at radius 1 is 1.31 bits per heavy atom. The number of rotatable bonds is 4. The van der Waals surface area contributed by atoms with Crippen molar-refractivity contribution in [2.24, 2.45) is 5.92 Å². The summed E-state index contributed by atoms with van der Waals surface area (Å²) in [6, 6.07) is 0. The molecule has 0 radical (unpaired) electrons. The fourth-order valence-corrected chi connectivity index (χ4v) is 1.62. The van der Waals surface area contributed by atoms with Gasteiger partial charge in [0, 0.05) is 19.6 Å². The lowest BCUT2D eigenvalue weighted by atomic mass is 10.1. The third-order valence-corrected chi connectivity index (χ3v) is 2.57. The fourth-order valence-electron chi connectivity index (χ4n) is 1.62. The Kier molecular flexibility index (Phi) is 4.55. The van der Waals surface area contributed by atoms with Crippen molar-refractivity contribution in [2.75, 3.05) is 19.6 Å². The van der Waals surface area contributed by atoms with Crippen LogP contribution in [0.4, 0.5) is 13.2 Å². The van der Waals surface area contributed by atoms with E-state index in [0.717, 1.165) is 19.3 Å². The van der Waals surface area contributed by atoms with Gasteiger partial charge >= 0.3 is 12.1 Å². The third kappa shape index (κ3) is 3.97. The van der Waals surface area contributed by atoms with Crippen molar-refractivity contribution >= 4 is 5.97 Å². The molecule has 0 aromatic heterocycles. The minimum atomic E-state index is -4.70. The van der Waals surface area contributed by atoms with Crippen LogP contribution in [0.1, 0.15) is 19.3 Å². The first-order valence-corrected chi connectivity index (χ1v) is 5.19. The number of hydrazine groups is 1. The maximum Gasteiger partial charge on any atom is 0.403 e. The minimum absolute atomic E-state index is 0.598. The topological polar surface area (TPSA) is 52.6 Å². The highest BCUT2D eigenvalue weighted by Crippen LogP contribution is 2.26. The summed E-state index contributed by atoms with van der Waals surface area (Å²) in [7, 11) is 0. The Morgan fingerprint density at radius 2 is 1.88 bits per heavy atom. The molecule has 4 nitrogen and oxygen atoms in total. The van der Waals surface area contributed by atoms with Gasteiger partial charge in [-0.05, 0) is 12.8 Å². The number of piperidine rings is 1.